The van der Waals surface area contributed by atoms with Crippen molar-refractivity contribution in [1.29, 1.82) is 0 Å². The van der Waals surface area contributed by atoms with E-state index in [4.69, 9.17) is 4.74 Å². The maximum atomic E-state index is 14.3. The zero-order valence-electron chi connectivity index (χ0n) is 24.7. The van der Waals surface area contributed by atoms with Crippen molar-refractivity contribution in [2.75, 3.05) is 36.0 Å². The number of anilines is 2. The van der Waals surface area contributed by atoms with E-state index in [0.29, 0.717) is 11.1 Å². The van der Waals surface area contributed by atoms with Crippen LogP contribution in [-0.4, -0.2) is 42.2 Å². The zero-order valence-corrected chi connectivity index (χ0v) is 24.7. The number of carbonyl (C=O) groups is 1. The second kappa shape index (κ2) is 11.1. The lowest BCUT2D eigenvalue weighted by Gasteiger charge is -2.44. The van der Waals surface area contributed by atoms with E-state index < -0.39 is 5.54 Å². The van der Waals surface area contributed by atoms with E-state index >= 15 is 0 Å². The number of para-hydroxylation sites is 1. The van der Waals surface area contributed by atoms with E-state index in [1.165, 1.54) is 0 Å². The van der Waals surface area contributed by atoms with Gasteiger partial charge in [-0.1, -0.05) is 48.5 Å². The van der Waals surface area contributed by atoms with Gasteiger partial charge >= 0.3 is 0 Å². The Morgan fingerprint density at radius 3 is 1.86 bits per heavy atom. The Morgan fingerprint density at radius 2 is 1.29 bits per heavy atom. The Kier molecular flexibility index (Phi) is 7.29. The first-order valence-corrected chi connectivity index (χ1v) is 14.9. The SMILES string of the molecule is CCN(CC)c1ccc2c(c1)Oc1cc(N(CC)CC)ccc1C21c2ccccc2C(=O)N1NCc1ccccc1O. The van der Waals surface area contributed by atoms with Crippen LogP contribution in [0.15, 0.2) is 84.9 Å². The Bertz CT molecular complexity index is 1570. The van der Waals surface area contributed by atoms with Gasteiger partial charge in [0.15, 0.2) is 0 Å². The molecule has 0 saturated carbocycles. The van der Waals surface area contributed by atoms with Gasteiger partial charge in [-0.2, -0.15) is 0 Å². The van der Waals surface area contributed by atoms with Gasteiger partial charge in [0.1, 0.15) is 22.8 Å². The molecule has 2 N–H and O–H groups in total. The Labute approximate surface area is 247 Å². The molecule has 1 spiro atoms. The molecular weight excluding hydrogens is 524 g/mol. The quantitative estimate of drug-likeness (QED) is 0.238. The average molecular weight is 563 g/mol. The minimum absolute atomic E-state index is 0.125. The molecule has 1 amide bonds. The molecule has 0 fully saturated rings. The van der Waals surface area contributed by atoms with Crippen molar-refractivity contribution in [3.63, 3.8) is 0 Å². The molecule has 2 aliphatic heterocycles. The number of benzene rings is 4. The normalized spacial score (nSPS) is 14.3. The number of phenols is 1. The minimum atomic E-state index is -0.982. The van der Waals surface area contributed by atoms with Crippen molar-refractivity contribution in [2.45, 2.75) is 39.8 Å². The average Bonchev–Trinajstić information content (AvgIpc) is 3.26. The molecule has 6 rings (SSSR count). The van der Waals surface area contributed by atoms with Crippen LogP contribution in [0.1, 0.15) is 60.3 Å². The molecule has 4 aromatic rings. The van der Waals surface area contributed by atoms with Crippen molar-refractivity contribution in [3.05, 3.63) is 113 Å². The molecule has 0 aromatic heterocycles. The van der Waals surface area contributed by atoms with Crippen LogP contribution in [0.2, 0.25) is 0 Å². The summed E-state index contributed by atoms with van der Waals surface area (Å²) in [6, 6.07) is 27.7. The topological polar surface area (TPSA) is 68.3 Å². The summed E-state index contributed by atoms with van der Waals surface area (Å²) in [5, 5.41) is 12.3. The van der Waals surface area contributed by atoms with Gasteiger partial charge in [-0.05, 0) is 52.0 Å². The molecule has 0 unspecified atom stereocenters. The molecule has 42 heavy (non-hydrogen) atoms. The standard InChI is InChI=1S/C35H38N4O3/c1-5-37(6-2)25-17-19-29-32(21-25)42-33-22-26(38(7-3)8-4)18-20-30(33)35(29)28-15-11-10-14-27(28)34(41)39(35)36-23-24-13-9-12-16-31(24)40/h9-22,36,40H,5-8,23H2,1-4H3. The van der Waals surface area contributed by atoms with Gasteiger partial charge in [-0.3, -0.25) is 9.80 Å². The number of rotatable bonds is 9. The Morgan fingerprint density at radius 1 is 0.738 bits per heavy atom. The lowest BCUT2D eigenvalue weighted by atomic mass is 9.75. The van der Waals surface area contributed by atoms with Gasteiger partial charge in [-0.25, -0.2) is 5.43 Å². The smallest absolute Gasteiger partial charge is 0.269 e. The number of phenolic OH excluding ortho intramolecular Hbond substituents is 1. The van der Waals surface area contributed by atoms with Gasteiger partial charge < -0.3 is 19.6 Å². The summed E-state index contributed by atoms with van der Waals surface area (Å²) in [5.74, 6) is 1.51. The van der Waals surface area contributed by atoms with Crippen LogP contribution < -0.4 is 20.0 Å². The van der Waals surface area contributed by atoms with Crippen molar-refractivity contribution in [3.8, 4) is 17.2 Å². The highest BCUT2D eigenvalue weighted by Crippen LogP contribution is 2.57. The third-order valence-corrected chi connectivity index (χ3v) is 8.69. The molecule has 0 bridgehead atoms. The van der Waals surface area contributed by atoms with E-state index in [9.17, 15) is 9.90 Å². The summed E-state index contributed by atoms with van der Waals surface area (Å²) in [7, 11) is 0. The van der Waals surface area contributed by atoms with Crippen molar-refractivity contribution in [2.24, 2.45) is 0 Å². The number of nitrogens with zero attached hydrogens (tertiary/aromatic N) is 3. The first-order chi connectivity index (χ1) is 20.5. The number of amides is 1. The van der Waals surface area contributed by atoms with Crippen LogP contribution in [0.3, 0.4) is 0 Å². The van der Waals surface area contributed by atoms with Gasteiger partial charge in [-0.15, -0.1) is 0 Å². The van der Waals surface area contributed by atoms with Crippen molar-refractivity contribution < 1.29 is 14.6 Å². The molecule has 0 aliphatic carbocycles. The maximum absolute atomic E-state index is 14.3. The molecule has 0 radical (unpaired) electrons. The van der Waals surface area contributed by atoms with Crippen LogP contribution in [0.25, 0.3) is 0 Å². The first kappa shape index (κ1) is 27.7. The number of aromatic hydroxyl groups is 1. The van der Waals surface area contributed by atoms with Crippen molar-refractivity contribution in [1.82, 2.24) is 10.4 Å². The third-order valence-electron chi connectivity index (χ3n) is 8.69. The highest BCUT2D eigenvalue weighted by atomic mass is 16.5. The highest BCUT2D eigenvalue weighted by molar-refractivity contribution is 6.02. The number of hydrazine groups is 1. The predicted molar refractivity (Wildman–Crippen MR) is 168 cm³/mol. The fourth-order valence-corrected chi connectivity index (χ4v) is 6.55. The summed E-state index contributed by atoms with van der Waals surface area (Å²) in [6.45, 7) is 12.4. The molecule has 7 heteroatoms. The third kappa shape index (κ3) is 4.19. The van der Waals surface area contributed by atoms with E-state index in [1.54, 1.807) is 17.1 Å². The first-order valence-electron chi connectivity index (χ1n) is 14.9. The maximum Gasteiger partial charge on any atom is 0.269 e. The summed E-state index contributed by atoms with van der Waals surface area (Å²) < 4.78 is 6.75. The second-order valence-corrected chi connectivity index (χ2v) is 10.7. The highest BCUT2D eigenvalue weighted by Gasteiger charge is 2.56. The predicted octanol–water partition coefficient (Wildman–Crippen LogP) is 6.64. The number of ether oxygens (including phenoxy) is 1. The summed E-state index contributed by atoms with van der Waals surface area (Å²) in [5.41, 5.74) is 8.64. The van der Waals surface area contributed by atoms with Crippen LogP contribution in [0.4, 0.5) is 11.4 Å². The van der Waals surface area contributed by atoms with Gasteiger partial charge in [0, 0.05) is 84.0 Å². The van der Waals surface area contributed by atoms with Crippen molar-refractivity contribution >= 4 is 17.3 Å². The largest absolute Gasteiger partial charge is 0.508 e. The Balaban J connectivity index is 1.60. The number of hydrogen-bond donors (Lipinski definition) is 2. The van der Waals surface area contributed by atoms with Crippen LogP contribution in [0.5, 0.6) is 17.2 Å². The Hall–Kier alpha value is -4.49. The van der Waals surface area contributed by atoms with Gasteiger partial charge in [0.05, 0.1) is 0 Å². The lowest BCUT2D eigenvalue weighted by Crippen LogP contribution is -2.53. The number of carbonyl (C=O) groups excluding carboxylic acids is 1. The summed E-state index contributed by atoms with van der Waals surface area (Å²) >= 11 is 0. The van der Waals surface area contributed by atoms with E-state index in [-0.39, 0.29) is 18.2 Å². The molecule has 4 aromatic carbocycles. The molecule has 0 atom stereocenters. The molecule has 7 nitrogen and oxygen atoms in total. The molecule has 2 heterocycles. The van der Waals surface area contributed by atoms with Crippen LogP contribution in [0, 0.1) is 0 Å². The van der Waals surface area contributed by atoms with Crippen LogP contribution in [-0.2, 0) is 12.1 Å². The molecular formula is C35H38N4O3. The van der Waals surface area contributed by atoms with Gasteiger partial charge in [0.2, 0.25) is 0 Å². The second-order valence-electron chi connectivity index (χ2n) is 10.7. The zero-order chi connectivity index (χ0) is 29.4. The van der Waals surface area contributed by atoms with E-state index in [2.05, 4.69) is 79.3 Å². The van der Waals surface area contributed by atoms with Gasteiger partial charge in [0.25, 0.3) is 5.91 Å². The van der Waals surface area contributed by atoms with E-state index in [0.717, 1.165) is 65.7 Å². The molecule has 0 saturated heterocycles. The molecule has 2 aliphatic rings. The molecule has 216 valence electrons. The monoisotopic (exact) mass is 562 g/mol. The summed E-state index contributed by atoms with van der Waals surface area (Å²) in [4.78, 5) is 18.9. The fourth-order valence-electron chi connectivity index (χ4n) is 6.55. The lowest BCUT2D eigenvalue weighted by molar-refractivity contribution is 0.0497. The number of fused-ring (bicyclic) bond motifs is 6. The fraction of sp³-hybridized carbons (Fsp3) is 0.286. The van der Waals surface area contributed by atoms with Crippen LogP contribution >= 0.6 is 0 Å². The number of hydrogen-bond acceptors (Lipinski definition) is 6. The van der Waals surface area contributed by atoms with E-state index in [1.807, 2.05) is 36.4 Å². The minimum Gasteiger partial charge on any atom is -0.508 e. The summed E-state index contributed by atoms with van der Waals surface area (Å²) in [6.07, 6.45) is 0. The number of nitrogens with one attached hydrogen (secondary N) is 1.